The Kier molecular flexibility index (Phi) is 5.67. The molecule has 34 heavy (non-hydrogen) atoms. The zero-order chi connectivity index (χ0) is 25.1. The lowest BCUT2D eigenvalue weighted by Crippen LogP contribution is -2.64. The standard InChI is InChI=1S/C23H27N3O8/c1-26(2)12-3-4-13(28)15-10(12)7-9-8-11-17(25-5-6-27)19(30)16(22(24)33)21(32)23(11,34)20(31)14(9)18(15)29/h3-4,9,11,17,25,27-28,30-31,34H,5-8H2,1-2H3,(H2,24,33)/t9-,11-,17+,23-/m0/s1. The van der Waals surface area contributed by atoms with Crippen LogP contribution in [-0.2, 0) is 16.0 Å². The Morgan fingerprint density at radius 3 is 2.50 bits per heavy atom. The van der Waals surface area contributed by atoms with E-state index in [4.69, 9.17) is 5.73 Å². The smallest absolute Gasteiger partial charge is 0.255 e. The van der Waals surface area contributed by atoms with Gasteiger partial charge in [0.1, 0.15) is 22.8 Å². The van der Waals surface area contributed by atoms with Gasteiger partial charge >= 0.3 is 0 Å². The topological polar surface area (TPSA) is 194 Å². The van der Waals surface area contributed by atoms with Crippen LogP contribution in [0.5, 0.6) is 5.75 Å². The molecule has 0 radical (unpaired) electrons. The third kappa shape index (κ3) is 3.11. The number of Topliss-reactive ketones (excluding diaryl/α,β-unsaturated/α-hetero) is 2. The third-order valence-electron chi connectivity index (χ3n) is 7.02. The number of aliphatic hydroxyl groups excluding tert-OH is 3. The predicted octanol–water partition coefficient (Wildman–Crippen LogP) is -0.793. The number of phenolic OH excluding ortho intramolecular Hbond substituents is 1. The summed E-state index contributed by atoms with van der Waals surface area (Å²) < 4.78 is 0. The van der Waals surface area contributed by atoms with Gasteiger partial charge in [-0.1, -0.05) is 0 Å². The molecular weight excluding hydrogens is 446 g/mol. The van der Waals surface area contributed by atoms with Gasteiger partial charge in [0.15, 0.2) is 11.4 Å². The Balaban J connectivity index is 1.94. The first-order valence-corrected chi connectivity index (χ1v) is 10.8. The van der Waals surface area contributed by atoms with E-state index in [0.29, 0.717) is 11.3 Å². The monoisotopic (exact) mass is 473 g/mol. The van der Waals surface area contributed by atoms with E-state index >= 15 is 0 Å². The summed E-state index contributed by atoms with van der Waals surface area (Å²) in [5.41, 5.74) is 2.68. The molecule has 0 heterocycles. The maximum absolute atomic E-state index is 13.5. The van der Waals surface area contributed by atoms with E-state index in [1.807, 2.05) is 0 Å². The molecule has 0 spiro atoms. The minimum Gasteiger partial charge on any atom is -0.510 e. The van der Waals surface area contributed by atoms with Gasteiger partial charge < -0.3 is 41.5 Å². The molecule has 11 nitrogen and oxygen atoms in total. The normalized spacial score (nSPS) is 28.4. The first-order chi connectivity index (χ1) is 16.0. The van der Waals surface area contributed by atoms with Gasteiger partial charge in [-0.15, -0.1) is 0 Å². The van der Waals surface area contributed by atoms with Crippen LogP contribution < -0.4 is 16.0 Å². The van der Waals surface area contributed by atoms with Crippen LogP contribution in [0.1, 0.15) is 22.3 Å². The fourth-order valence-corrected chi connectivity index (χ4v) is 5.54. The number of rotatable bonds is 5. The number of amides is 1. The van der Waals surface area contributed by atoms with E-state index in [1.54, 1.807) is 25.1 Å². The highest BCUT2D eigenvalue weighted by atomic mass is 16.3. The van der Waals surface area contributed by atoms with Crippen molar-refractivity contribution in [1.82, 2.24) is 5.32 Å². The minimum atomic E-state index is -2.71. The number of nitrogens with two attached hydrogens (primary N) is 1. The molecule has 0 saturated carbocycles. The lowest BCUT2D eigenvalue weighted by atomic mass is 9.58. The number of fused-ring (bicyclic) bond motifs is 3. The Morgan fingerprint density at radius 2 is 1.91 bits per heavy atom. The minimum absolute atomic E-state index is 0.0193. The van der Waals surface area contributed by atoms with E-state index in [0.717, 1.165) is 0 Å². The molecule has 182 valence electrons. The summed E-state index contributed by atoms with van der Waals surface area (Å²) in [5, 5.41) is 55.9. The highest BCUT2D eigenvalue weighted by Gasteiger charge is 2.62. The largest absolute Gasteiger partial charge is 0.510 e. The Hall–Kier alpha value is -3.41. The number of primary amides is 1. The fourth-order valence-electron chi connectivity index (χ4n) is 5.54. The molecule has 1 aromatic rings. The van der Waals surface area contributed by atoms with Crippen molar-refractivity contribution >= 4 is 23.2 Å². The zero-order valence-electron chi connectivity index (χ0n) is 18.7. The summed E-state index contributed by atoms with van der Waals surface area (Å²) in [4.78, 5) is 40.4. The van der Waals surface area contributed by atoms with Gasteiger partial charge in [0.2, 0.25) is 5.78 Å². The van der Waals surface area contributed by atoms with Gasteiger partial charge in [0.25, 0.3) is 5.91 Å². The number of hydrogen-bond donors (Lipinski definition) is 7. The number of hydrogen-bond acceptors (Lipinski definition) is 10. The maximum atomic E-state index is 13.5. The van der Waals surface area contributed by atoms with Crippen LogP contribution in [0.4, 0.5) is 5.69 Å². The molecule has 0 saturated heterocycles. The molecule has 8 N–H and O–H groups in total. The Labute approximate surface area is 194 Å². The molecule has 1 amide bonds. The zero-order valence-corrected chi connectivity index (χ0v) is 18.7. The summed E-state index contributed by atoms with van der Waals surface area (Å²) in [6.07, 6.45) is 0.192. The number of nitrogens with one attached hydrogen (secondary N) is 1. The number of aliphatic hydroxyl groups is 4. The number of anilines is 1. The molecule has 3 aliphatic carbocycles. The van der Waals surface area contributed by atoms with Crippen molar-refractivity contribution in [3.63, 3.8) is 0 Å². The summed E-state index contributed by atoms with van der Waals surface area (Å²) >= 11 is 0. The highest BCUT2D eigenvalue weighted by Crippen LogP contribution is 2.52. The van der Waals surface area contributed by atoms with Crippen LogP contribution in [0.2, 0.25) is 0 Å². The van der Waals surface area contributed by atoms with Crippen LogP contribution in [0.25, 0.3) is 0 Å². The Morgan fingerprint density at radius 1 is 1.24 bits per heavy atom. The van der Waals surface area contributed by atoms with Gasteiger partial charge in [-0.05, 0) is 36.5 Å². The van der Waals surface area contributed by atoms with Crippen molar-refractivity contribution in [3.05, 3.63) is 45.9 Å². The molecule has 0 unspecified atom stereocenters. The second kappa shape index (κ2) is 8.12. The van der Waals surface area contributed by atoms with E-state index < -0.39 is 58.0 Å². The number of aromatic hydroxyl groups is 1. The van der Waals surface area contributed by atoms with Crippen molar-refractivity contribution < 1.29 is 39.9 Å². The summed E-state index contributed by atoms with van der Waals surface area (Å²) in [5.74, 6) is -7.08. The first-order valence-electron chi connectivity index (χ1n) is 10.8. The van der Waals surface area contributed by atoms with Crippen molar-refractivity contribution in [3.8, 4) is 5.75 Å². The first kappa shape index (κ1) is 23.7. The second-order valence-corrected chi connectivity index (χ2v) is 9.06. The molecule has 0 aliphatic heterocycles. The van der Waals surface area contributed by atoms with Crippen molar-refractivity contribution in [2.75, 3.05) is 32.1 Å². The number of benzene rings is 1. The molecule has 0 bridgehead atoms. The molecule has 1 aromatic carbocycles. The van der Waals surface area contributed by atoms with Crippen LogP contribution >= 0.6 is 0 Å². The molecule has 11 heteroatoms. The quantitative estimate of drug-likeness (QED) is 0.266. The number of nitrogens with zero attached hydrogens (tertiary/aromatic N) is 1. The van der Waals surface area contributed by atoms with Crippen molar-refractivity contribution in [1.29, 1.82) is 0 Å². The molecular formula is C23H27N3O8. The number of ketones is 2. The highest BCUT2D eigenvalue weighted by molar-refractivity contribution is 6.24. The van der Waals surface area contributed by atoms with E-state index in [1.165, 1.54) is 6.07 Å². The van der Waals surface area contributed by atoms with Crippen LogP contribution in [0, 0.1) is 11.8 Å². The number of allylic oxidation sites excluding steroid dienone is 1. The third-order valence-corrected chi connectivity index (χ3v) is 7.02. The molecule has 0 aromatic heterocycles. The van der Waals surface area contributed by atoms with Gasteiger partial charge in [0, 0.05) is 37.8 Å². The van der Waals surface area contributed by atoms with Gasteiger partial charge in [0.05, 0.1) is 18.2 Å². The predicted molar refractivity (Wildman–Crippen MR) is 119 cm³/mol. The summed E-state index contributed by atoms with van der Waals surface area (Å²) in [6.45, 7) is -0.396. The van der Waals surface area contributed by atoms with E-state index in [9.17, 15) is 39.9 Å². The van der Waals surface area contributed by atoms with E-state index in [-0.39, 0.29) is 42.9 Å². The second-order valence-electron chi connectivity index (χ2n) is 9.06. The number of phenols is 1. The van der Waals surface area contributed by atoms with Gasteiger partial charge in [-0.2, -0.15) is 0 Å². The van der Waals surface area contributed by atoms with Crippen LogP contribution in [0.3, 0.4) is 0 Å². The van der Waals surface area contributed by atoms with Gasteiger partial charge in [-0.3, -0.25) is 14.4 Å². The van der Waals surface area contributed by atoms with Gasteiger partial charge in [-0.25, -0.2) is 0 Å². The molecule has 4 rings (SSSR count). The molecule has 0 fully saturated rings. The summed E-state index contributed by atoms with van der Waals surface area (Å²) in [7, 11) is 3.56. The number of carbonyl (C=O) groups is 3. The average molecular weight is 473 g/mol. The SMILES string of the molecule is CN(C)c1ccc(O)c2c1C[C@H]1C[C@H]3[C@@H](NCCO)C(O)=C(C(N)=O)C(=O)[C@@]3(O)C(O)=C1C2=O. The lowest BCUT2D eigenvalue weighted by Gasteiger charge is -2.49. The fraction of sp³-hybridized carbons (Fsp3) is 0.435. The average Bonchev–Trinajstić information content (AvgIpc) is 2.75. The number of carbonyl (C=O) groups excluding carboxylic acids is 3. The van der Waals surface area contributed by atoms with Crippen molar-refractivity contribution in [2.45, 2.75) is 24.5 Å². The summed E-state index contributed by atoms with van der Waals surface area (Å²) in [6, 6.07) is 1.82. The Bertz CT molecular complexity index is 1170. The lowest BCUT2D eigenvalue weighted by molar-refractivity contribution is -0.146. The van der Waals surface area contributed by atoms with Crippen LogP contribution in [0.15, 0.2) is 34.8 Å². The van der Waals surface area contributed by atoms with Crippen molar-refractivity contribution in [2.24, 2.45) is 17.6 Å². The molecule has 4 atom stereocenters. The van der Waals surface area contributed by atoms with Crippen LogP contribution in [-0.4, -0.2) is 81.9 Å². The maximum Gasteiger partial charge on any atom is 0.255 e. The van der Waals surface area contributed by atoms with E-state index in [2.05, 4.69) is 5.32 Å². The molecule has 3 aliphatic rings.